The van der Waals surface area contributed by atoms with E-state index in [9.17, 15) is 8.42 Å². The summed E-state index contributed by atoms with van der Waals surface area (Å²) in [5.74, 6) is 3.95. The lowest BCUT2D eigenvalue weighted by Crippen LogP contribution is -2.37. The second kappa shape index (κ2) is 10.7. The lowest BCUT2D eigenvalue weighted by atomic mass is 10.4. The maximum absolute atomic E-state index is 11.3. The van der Waals surface area contributed by atoms with Crippen molar-refractivity contribution in [3.05, 3.63) is 23.7 Å². The number of nitrogens with zero attached hydrogens (tertiary/aromatic N) is 3. The van der Waals surface area contributed by atoms with Gasteiger partial charge in [-0.15, -0.1) is 21.2 Å². The van der Waals surface area contributed by atoms with Crippen LogP contribution in [-0.2, 0) is 22.5 Å². The Bertz CT molecular complexity index is 703. The molecule has 0 unspecified atom stereocenters. The van der Waals surface area contributed by atoms with Gasteiger partial charge in [0, 0.05) is 19.3 Å². The predicted octanol–water partition coefficient (Wildman–Crippen LogP) is 0.0359. The third-order valence-corrected chi connectivity index (χ3v) is 4.65. The van der Waals surface area contributed by atoms with Crippen LogP contribution in [0.3, 0.4) is 0 Å². The van der Waals surface area contributed by atoms with E-state index in [2.05, 4.69) is 24.3 Å². The maximum Gasteiger partial charge on any atom is 0.367 e. The zero-order valence-corrected chi connectivity index (χ0v) is 16.7. The topological polar surface area (TPSA) is 131 Å². The van der Waals surface area contributed by atoms with Gasteiger partial charge in [0.2, 0.25) is 0 Å². The van der Waals surface area contributed by atoms with Crippen LogP contribution in [-0.4, -0.2) is 63.9 Å². The highest BCUT2D eigenvalue weighted by Gasteiger charge is 2.22. The number of nitrogens with one attached hydrogen (secondary N) is 2. The average Bonchev–Trinajstić information content (AvgIpc) is 3.01. The molecule has 1 aliphatic rings. The normalized spacial score (nSPS) is 15.0. The first-order valence-electron chi connectivity index (χ1n) is 7.06. The van der Waals surface area contributed by atoms with E-state index in [0.29, 0.717) is 6.54 Å². The summed E-state index contributed by atoms with van der Waals surface area (Å²) in [4.78, 5) is 2.05. The van der Waals surface area contributed by atoms with Gasteiger partial charge in [0.15, 0.2) is 11.7 Å². The highest BCUT2D eigenvalue weighted by atomic mass is 35.5. The van der Waals surface area contributed by atoms with Crippen LogP contribution in [0.1, 0.15) is 11.5 Å². The van der Waals surface area contributed by atoms with Crippen molar-refractivity contribution in [2.45, 2.75) is 12.3 Å². The van der Waals surface area contributed by atoms with Crippen LogP contribution in [0.5, 0.6) is 0 Å². The molecule has 0 radical (unpaired) electrons. The van der Waals surface area contributed by atoms with E-state index in [4.69, 9.17) is 4.42 Å². The molecule has 0 fully saturated rings. The molecular formula is C13H24ClN5O4S2. The number of furan rings is 1. The summed E-state index contributed by atoms with van der Waals surface area (Å²) in [6.45, 7) is 1.37. The highest BCUT2D eigenvalue weighted by Crippen LogP contribution is 2.16. The molecular weight excluding hydrogens is 390 g/mol. The molecule has 0 amide bonds. The van der Waals surface area contributed by atoms with Crippen LogP contribution in [0.25, 0.3) is 0 Å². The fraction of sp³-hybridized carbons (Fsp3) is 0.538. The Labute approximate surface area is 158 Å². The number of hydrogen-bond acceptors (Lipinski definition) is 7. The number of rotatable bonds is 7. The minimum Gasteiger partial charge on any atom is -0.464 e. The van der Waals surface area contributed by atoms with E-state index in [0.717, 1.165) is 29.6 Å². The van der Waals surface area contributed by atoms with Gasteiger partial charge in [0.1, 0.15) is 11.5 Å². The smallest absolute Gasteiger partial charge is 0.367 e. The van der Waals surface area contributed by atoms with E-state index >= 15 is 0 Å². The van der Waals surface area contributed by atoms with Gasteiger partial charge < -0.3 is 25.4 Å². The molecule has 25 heavy (non-hydrogen) atoms. The van der Waals surface area contributed by atoms with E-state index in [1.54, 1.807) is 18.8 Å². The predicted molar refractivity (Wildman–Crippen MR) is 104 cm³/mol. The molecule has 1 aromatic rings. The quantitative estimate of drug-likeness (QED) is 0.603. The minimum absolute atomic E-state index is 0. The van der Waals surface area contributed by atoms with E-state index < -0.39 is 10.2 Å². The Balaban J connectivity index is 0.00000288. The van der Waals surface area contributed by atoms with Crippen molar-refractivity contribution in [2.24, 2.45) is 8.80 Å². The van der Waals surface area contributed by atoms with Crippen molar-refractivity contribution in [2.75, 3.05) is 33.4 Å². The minimum atomic E-state index is -3.72. The van der Waals surface area contributed by atoms with Crippen LogP contribution in [0.4, 0.5) is 0 Å². The van der Waals surface area contributed by atoms with E-state index in [-0.39, 0.29) is 29.6 Å². The maximum atomic E-state index is 11.3. The van der Waals surface area contributed by atoms with Crippen LogP contribution in [0.2, 0.25) is 0 Å². The Kier molecular flexibility index (Phi) is 10.1. The fourth-order valence-electron chi connectivity index (χ4n) is 1.93. The lowest BCUT2D eigenvalue weighted by molar-refractivity contribution is 0.344. The summed E-state index contributed by atoms with van der Waals surface area (Å²) in [6.07, 6.45) is 0. The van der Waals surface area contributed by atoms with Crippen molar-refractivity contribution < 1.29 is 18.3 Å². The molecule has 0 saturated heterocycles. The molecule has 0 aliphatic carbocycles. The standard InChI is InChI=1S/C13H21N5O3S2.ClH.H2O/c1-14-12-13(17-23(19,20)16-12)15-6-7-22-9-11-5-4-10(21-11)8-18(2)3;;/h4-5H,6-9H2,1-3H3,(H,14,16)(H,15,17);1H;1H2. The zero-order valence-electron chi connectivity index (χ0n) is 14.3. The van der Waals surface area contributed by atoms with Crippen molar-refractivity contribution in [1.82, 2.24) is 15.5 Å². The molecule has 0 saturated carbocycles. The van der Waals surface area contributed by atoms with Gasteiger partial charge in [-0.05, 0) is 26.2 Å². The summed E-state index contributed by atoms with van der Waals surface area (Å²) in [5.41, 5.74) is 0. The summed E-state index contributed by atoms with van der Waals surface area (Å²) in [5, 5.41) is 5.68. The molecule has 9 nitrogen and oxygen atoms in total. The second-order valence-electron chi connectivity index (χ2n) is 5.16. The average molecular weight is 414 g/mol. The molecule has 144 valence electrons. The Morgan fingerprint density at radius 2 is 1.84 bits per heavy atom. The summed E-state index contributed by atoms with van der Waals surface area (Å²) >= 11 is 1.70. The first-order chi connectivity index (χ1) is 10.9. The molecule has 0 spiro atoms. The molecule has 0 aromatic carbocycles. The first kappa shape index (κ1) is 23.7. The molecule has 2 rings (SSSR count). The molecule has 0 atom stereocenters. The molecule has 2 heterocycles. The van der Waals surface area contributed by atoms with Crippen molar-refractivity contribution in [3.8, 4) is 0 Å². The van der Waals surface area contributed by atoms with Crippen LogP contribution in [0.15, 0.2) is 25.3 Å². The third kappa shape index (κ3) is 7.65. The van der Waals surface area contributed by atoms with Gasteiger partial charge in [0.05, 0.1) is 12.3 Å². The third-order valence-electron chi connectivity index (χ3n) is 2.85. The Hall–Kier alpha value is -1.27. The Morgan fingerprint density at radius 1 is 1.20 bits per heavy atom. The van der Waals surface area contributed by atoms with Gasteiger partial charge in [0.25, 0.3) is 0 Å². The van der Waals surface area contributed by atoms with Crippen molar-refractivity contribution in [3.63, 3.8) is 0 Å². The van der Waals surface area contributed by atoms with Crippen LogP contribution in [0, 0.1) is 0 Å². The SMILES string of the molecule is CNC1=NS(=O)(=O)N=C1NCCSCc1ccc(CN(C)C)o1.Cl.O. The molecule has 4 N–H and O–H groups in total. The van der Waals surface area contributed by atoms with Crippen LogP contribution >= 0.6 is 24.2 Å². The monoisotopic (exact) mass is 413 g/mol. The number of likely N-dealkylation sites (N-methyl/N-ethyl adjacent to an activating group) is 1. The molecule has 0 bridgehead atoms. The largest absolute Gasteiger partial charge is 0.464 e. The van der Waals surface area contributed by atoms with E-state index in [1.807, 2.05) is 26.2 Å². The first-order valence-corrected chi connectivity index (χ1v) is 9.61. The number of thioether (sulfide) groups is 1. The van der Waals surface area contributed by atoms with Gasteiger partial charge in [-0.25, -0.2) is 0 Å². The summed E-state index contributed by atoms with van der Waals surface area (Å²) in [7, 11) is 1.88. The fourth-order valence-corrected chi connectivity index (χ4v) is 3.51. The zero-order chi connectivity index (χ0) is 16.9. The van der Waals surface area contributed by atoms with Gasteiger partial charge in [-0.1, -0.05) is 0 Å². The van der Waals surface area contributed by atoms with Crippen molar-refractivity contribution >= 4 is 46.0 Å². The van der Waals surface area contributed by atoms with E-state index in [1.165, 1.54) is 0 Å². The van der Waals surface area contributed by atoms with Gasteiger partial charge in [-0.3, -0.25) is 0 Å². The van der Waals surface area contributed by atoms with Gasteiger partial charge in [-0.2, -0.15) is 20.2 Å². The number of amidine groups is 2. The summed E-state index contributed by atoms with van der Waals surface area (Å²) in [6, 6.07) is 3.97. The molecule has 12 heteroatoms. The van der Waals surface area contributed by atoms with Gasteiger partial charge >= 0.3 is 10.2 Å². The lowest BCUT2D eigenvalue weighted by Gasteiger charge is -2.07. The number of halogens is 1. The summed E-state index contributed by atoms with van der Waals surface area (Å²) < 4.78 is 35.3. The van der Waals surface area contributed by atoms with Crippen molar-refractivity contribution in [1.29, 1.82) is 0 Å². The van der Waals surface area contributed by atoms with Crippen LogP contribution < -0.4 is 10.6 Å². The Morgan fingerprint density at radius 3 is 2.48 bits per heavy atom. The second-order valence-corrected chi connectivity index (χ2v) is 7.53. The highest BCUT2D eigenvalue weighted by molar-refractivity contribution is 7.98. The number of hydrogen-bond donors (Lipinski definition) is 2. The molecule has 1 aromatic heterocycles. The molecule has 1 aliphatic heterocycles.